The van der Waals surface area contributed by atoms with Crippen LogP contribution in [0.5, 0.6) is 5.75 Å². The van der Waals surface area contributed by atoms with E-state index in [0.717, 1.165) is 12.0 Å². The summed E-state index contributed by atoms with van der Waals surface area (Å²) in [6.07, 6.45) is -6.82. The average molecular weight is 475 g/mol. The number of benzene rings is 2. The van der Waals surface area contributed by atoms with Crippen LogP contribution in [0.4, 0.5) is 28.0 Å². The molecule has 174 valence electrons. The third kappa shape index (κ3) is 6.49. The van der Waals surface area contributed by atoms with Gasteiger partial charge in [0.05, 0.1) is 7.11 Å². The second-order valence-electron chi connectivity index (χ2n) is 7.56. The Bertz CT molecular complexity index is 924. The van der Waals surface area contributed by atoms with Crippen LogP contribution in [0.2, 0.25) is 5.02 Å². The molecule has 2 unspecified atom stereocenters. The normalized spacial score (nSPS) is 18.1. The summed E-state index contributed by atoms with van der Waals surface area (Å²) in [6, 6.07) is 10.4. The number of nitrogens with one attached hydrogen (secondary N) is 1. The van der Waals surface area contributed by atoms with E-state index in [1.54, 1.807) is 17.0 Å². The van der Waals surface area contributed by atoms with Gasteiger partial charge in [0.1, 0.15) is 0 Å². The molecule has 0 radical (unpaired) electrons. The summed E-state index contributed by atoms with van der Waals surface area (Å²) in [5.74, 6) is -0.494. The number of methoxy groups -OCH3 is 1. The number of nitrogens with zero attached hydrogens (tertiary/aromatic N) is 1. The number of hydrogen-bond acceptors (Lipinski definition) is 4. The maximum atomic E-state index is 13.7. The van der Waals surface area contributed by atoms with E-state index in [-0.39, 0.29) is 17.4 Å². The second-order valence-corrected chi connectivity index (χ2v) is 8.00. The second kappa shape index (κ2) is 10.4. The molecule has 1 aliphatic rings. The van der Waals surface area contributed by atoms with Gasteiger partial charge in [-0.2, -0.15) is 13.2 Å². The van der Waals surface area contributed by atoms with E-state index in [9.17, 15) is 22.4 Å². The topological polar surface area (TPSA) is 50.8 Å². The molecular formula is C22H23ClF4N2O3. The van der Waals surface area contributed by atoms with E-state index in [4.69, 9.17) is 21.1 Å². The summed E-state index contributed by atoms with van der Waals surface area (Å²) in [4.78, 5) is 13.7. The highest BCUT2D eigenvalue weighted by atomic mass is 35.5. The van der Waals surface area contributed by atoms with Crippen LogP contribution in [-0.4, -0.2) is 50.0 Å². The van der Waals surface area contributed by atoms with Crippen LogP contribution in [0.3, 0.4) is 0 Å². The summed E-state index contributed by atoms with van der Waals surface area (Å²) in [5, 5.41) is 2.70. The van der Waals surface area contributed by atoms with Crippen molar-refractivity contribution in [2.45, 2.75) is 31.0 Å². The first-order valence-electron chi connectivity index (χ1n) is 10.0. The Morgan fingerprint density at radius 3 is 2.62 bits per heavy atom. The lowest BCUT2D eigenvalue weighted by Gasteiger charge is -2.35. The highest BCUT2D eigenvalue weighted by Crippen LogP contribution is 2.32. The maximum Gasteiger partial charge on any atom is 0.426 e. The molecule has 1 fully saturated rings. The molecule has 5 nitrogen and oxygen atoms in total. The zero-order valence-electron chi connectivity index (χ0n) is 17.3. The molecule has 0 bridgehead atoms. The Labute approximate surface area is 188 Å². The molecule has 1 N–H and O–H groups in total. The van der Waals surface area contributed by atoms with Gasteiger partial charge in [0.15, 0.2) is 11.6 Å². The molecule has 0 aliphatic carbocycles. The van der Waals surface area contributed by atoms with E-state index in [2.05, 4.69) is 5.32 Å². The largest absolute Gasteiger partial charge is 0.494 e. The fraction of sp³-hybridized carbons (Fsp3) is 0.409. The standard InChI is InChI=1S/C22H23ClF4N2O3/c1-31-19-11-14(4-9-18(19)24)15-3-2-10-29(12-15)13-20(22(25,26)27)32-21(30)28-17-7-5-16(23)6-8-17/h4-9,11,15,20H,2-3,10,12-13H2,1H3,(H,28,30). The summed E-state index contributed by atoms with van der Waals surface area (Å²) in [5.41, 5.74) is 1.06. The van der Waals surface area contributed by atoms with Gasteiger partial charge in [-0.25, -0.2) is 9.18 Å². The number of anilines is 1. The SMILES string of the molecule is COc1cc(C2CCCN(CC(OC(=O)Nc3ccc(Cl)cc3)C(F)(F)F)C2)ccc1F. The number of alkyl halides is 3. The van der Waals surface area contributed by atoms with Crippen LogP contribution >= 0.6 is 11.6 Å². The van der Waals surface area contributed by atoms with Crippen molar-refractivity contribution in [3.63, 3.8) is 0 Å². The average Bonchev–Trinajstić information content (AvgIpc) is 2.75. The van der Waals surface area contributed by atoms with Crippen molar-refractivity contribution in [2.75, 3.05) is 32.1 Å². The number of ether oxygens (including phenoxy) is 2. The first-order valence-corrected chi connectivity index (χ1v) is 10.4. The van der Waals surface area contributed by atoms with Crippen molar-refractivity contribution >= 4 is 23.4 Å². The molecule has 32 heavy (non-hydrogen) atoms. The van der Waals surface area contributed by atoms with E-state index >= 15 is 0 Å². The first kappa shape index (κ1) is 24.1. The van der Waals surface area contributed by atoms with Crippen LogP contribution < -0.4 is 10.1 Å². The van der Waals surface area contributed by atoms with E-state index in [1.165, 1.54) is 37.4 Å². The molecule has 1 amide bonds. The van der Waals surface area contributed by atoms with Crippen molar-refractivity contribution in [3.8, 4) is 5.75 Å². The summed E-state index contributed by atoms with van der Waals surface area (Å²) < 4.78 is 64.2. The minimum atomic E-state index is -4.73. The number of amides is 1. The van der Waals surface area contributed by atoms with Crippen molar-refractivity contribution in [1.29, 1.82) is 0 Å². The van der Waals surface area contributed by atoms with Gasteiger partial charge in [-0.3, -0.25) is 10.2 Å². The van der Waals surface area contributed by atoms with E-state index in [1.807, 2.05) is 0 Å². The molecule has 10 heteroatoms. The van der Waals surface area contributed by atoms with Crippen molar-refractivity contribution in [1.82, 2.24) is 4.90 Å². The molecule has 2 aromatic rings. The quantitative estimate of drug-likeness (QED) is 0.534. The summed E-state index contributed by atoms with van der Waals surface area (Å²) >= 11 is 5.76. The zero-order chi connectivity index (χ0) is 23.3. The Balaban J connectivity index is 1.64. The molecule has 0 spiro atoms. The molecular weight excluding hydrogens is 452 g/mol. The third-order valence-electron chi connectivity index (χ3n) is 5.28. The lowest BCUT2D eigenvalue weighted by atomic mass is 9.90. The lowest BCUT2D eigenvalue weighted by Crippen LogP contribution is -2.47. The van der Waals surface area contributed by atoms with Gasteiger partial charge in [-0.1, -0.05) is 17.7 Å². The van der Waals surface area contributed by atoms with Crippen LogP contribution in [-0.2, 0) is 4.74 Å². The number of carbonyl (C=O) groups is 1. The minimum Gasteiger partial charge on any atom is -0.494 e. The third-order valence-corrected chi connectivity index (χ3v) is 5.53. The monoisotopic (exact) mass is 474 g/mol. The number of rotatable bonds is 6. The highest BCUT2D eigenvalue weighted by Gasteiger charge is 2.44. The van der Waals surface area contributed by atoms with Gasteiger partial charge >= 0.3 is 12.3 Å². The number of piperidine rings is 1. The van der Waals surface area contributed by atoms with Crippen molar-refractivity contribution in [2.24, 2.45) is 0 Å². The molecule has 0 saturated carbocycles. The number of carbonyl (C=O) groups excluding carboxylic acids is 1. The summed E-state index contributed by atoms with van der Waals surface area (Å²) in [6.45, 7) is 0.263. The Hall–Kier alpha value is -2.52. The molecule has 3 rings (SSSR count). The number of likely N-dealkylation sites (tertiary alicyclic amines) is 1. The molecule has 2 atom stereocenters. The Kier molecular flexibility index (Phi) is 7.84. The smallest absolute Gasteiger partial charge is 0.426 e. The zero-order valence-corrected chi connectivity index (χ0v) is 18.0. The van der Waals surface area contributed by atoms with Gasteiger partial charge in [0.25, 0.3) is 0 Å². The molecule has 1 aliphatic heterocycles. The van der Waals surface area contributed by atoms with E-state index < -0.39 is 30.7 Å². The fourth-order valence-corrected chi connectivity index (χ4v) is 3.80. The van der Waals surface area contributed by atoms with Crippen molar-refractivity contribution < 1.29 is 31.8 Å². The fourth-order valence-electron chi connectivity index (χ4n) is 3.68. The maximum absolute atomic E-state index is 13.7. The van der Waals surface area contributed by atoms with Gasteiger partial charge in [-0.05, 0) is 67.3 Å². The number of halogens is 5. The van der Waals surface area contributed by atoms with Gasteiger partial charge in [-0.15, -0.1) is 0 Å². The van der Waals surface area contributed by atoms with Gasteiger partial charge in [0.2, 0.25) is 6.10 Å². The highest BCUT2D eigenvalue weighted by molar-refractivity contribution is 6.30. The van der Waals surface area contributed by atoms with Gasteiger partial charge in [0, 0.05) is 23.8 Å². The molecule has 1 heterocycles. The summed E-state index contributed by atoms with van der Waals surface area (Å²) in [7, 11) is 1.36. The molecule has 0 aromatic heterocycles. The van der Waals surface area contributed by atoms with Crippen LogP contribution in [0.15, 0.2) is 42.5 Å². The predicted octanol–water partition coefficient (Wildman–Crippen LogP) is 5.85. The Morgan fingerprint density at radius 2 is 1.97 bits per heavy atom. The molecule has 1 saturated heterocycles. The van der Waals surface area contributed by atoms with E-state index in [0.29, 0.717) is 24.5 Å². The first-order chi connectivity index (χ1) is 15.2. The predicted molar refractivity (Wildman–Crippen MR) is 113 cm³/mol. The molecule has 2 aromatic carbocycles. The van der Waals surface area contributed by atoms with Crippen LogP contribution in [0.25, 0.3) is 0 Å². The van der Waals surface area contributed by atoms with Crippen LogP contribution in [0.1, 0.15) is 24.3 Å². The van der Waals surface area contributed by atoms with Gasteiger partial charge < -0.3 is 9.47 Å². The number of hydrogen-bond donors (Lipinski definition) is 1. The Morgan fingerprint density at radius 1 is 1.25 bits per heavy atom. The lowest BCUT2D eigenvalue weighted by molar-refractivity contribution is -0.207. The van der Waals surface area contributed by atoms with Crippen LogP contribution in [0, 0.1) is 5.82 Å². The van der Waals surface area contributed by atoms with Crippen molar-refractivity contribution in [3.05, 3.63) is 58.9 Å². The minimum absolute atomic E-state index is 0.0879.